The maximum absolute atomic E-state index is 12.7. The van der Waals surface area contributed by atoms with Gasteiger partial charge in [-0.25, -0.2) is 8.42 Å². The third-order valence-electron chi connectivity index (χ3n) is 3.58. The van der Waals surface area contributed by atoms with Crippen LogP contribution in [0.2, 0.25) is 4.34 Å². The van der Waals surface area contributed by atoms with E-state index < -0.39 is 10.0 Å². The van der Waals surface area contributed by atoms with E-state index in [4.69, 9.17) is 16.1 Å². The number of aryl methyl sites for hydroxylation is 1. The van der Waals surface area contributed by atoms with Gasteiger partial charge in [0.05, 0.1) is 16.1 Å². The van der Waals surface area contributed by atoms with E-state index in [9.17, 15) is 8.42 Å². The van der Waals surface area contributed by atoms with E-state index in [1.165, 1.54) is 4.31 Å². The van der Waals surface area contributed by atoms with Gasteiger partial charge in [-0.2, -0.15) is 4.31 Å². The molecule has 2 aromatic heterocycles. The van der Waals surface area contributed by atoms with Crippen molar-refractivity contribution in [3.05, 3.63) is 34.0 Å². The Kier molecular flexibility index (Phi) is 4.09. The highest BCUT2D eigenvalue weighted by atomic mass is 35.5. The Labute approximate surface area is 132 Å². The SMILES string of the molecule is CCc1cc([C@H]2CCCN2S(=O)(=O)c2ccc(Cl)s2)on1. The molecule has 114 valence electrons. The average Bonchev–Trinajstić information content (AvgIpc) is 3.17. The summed E-state index contributed by atoms with van der Waals surface area (Å²) in [5.74, 6) is 0.621. The van der Waals surface area contributed by atoms with Gasteiger partial charge in [0, 0.05) is 12.6 Å². The van der Waals surface area contributed by atoms with Gasteiger partial charge in [0.1, 0.15) is 4.21 Å². The lowest BCUT2D eigenvalue weighted by atomic mass is 10.1. The third kappa shape index (κ3) is 2.75. The van der Waals surface area contributed by atoms with Crippen LogP contribution in [-0.2, 0) is 16.4 Å². The molecule has 8 heteroatoms. The summed E-state index contributed by atoms with van der Waals surface area (Å²) >= 11 is 6.93. The van der Waals surface area contributed by atoms with Crippen molar-refractivity contribution in [3.8, 4) is 0 Å². The molecule has 1 aliphatic rings. The molecule has 0 bridgehead atoms. The topological polar surface area (TPSA) is 63.4 Å². The predicted molar refractivity (Wildman–Crippen MR) is 81.1 cm³/mol. The Hall–Kier alpha value is -0.890. The van der Waals surface area contributed by atoms with Gasteiger partial charge in [-0.05, 0) is 31.4 Å². The molecule has 1 atom stereocenters. The molecule has 0 radical (unpaired) electrons. The second kappa shape index (κ2) is 5.72. The Morgan fingerprint density at radius 3 is 2.95 bits per heavy atom. The smallest absolute Gasteiger partial charge is 0.253 e. The number of aromatic nitrogens is 1. The molecule has 0 saturated carbocycles. The molecule has 0 amide bonds. The summed E-state index contributed by atoms with van der Waals surface area (Å²) in [4.78, 5) is 0. The van der Waals surface area contributed by atoms with Crippen molar-refractivity contribution in [2.45, 2.75) is 36.4 Å². The summed E-state index contributed by atoms with van der Waals surface area (Å²) < 4.78 is 33.0. The fourth-order valence-corrected chi connectivity index (χ4v) is 5.79. The quantitative estimate of drug-likeness (QED) is 0.850. The molecule has 1 saturated heterocycles. The summed E-state index contributed by atoms with van der Waals surface area (Å²) in [5.41, 5.74) is 0.841. The van der Waals surface area contributed by atoms with Crippen LogP contribution in [0.4, 0.5) is 0 Å². The van der Waals surface area contributed by atoms with Gasteiger partial charge in [-0.1, -0.05) is 23.7 Å². The van der Waals surface area contributed by atoms with E-state index in [2.05, 4.69) is 5.16 Å². The van der Waals surface area contributed by atoms with Crippen LogP contribution >= 0.6 is 22.9 Å². The van der Waals surface area contributed by atoms with E-state index in [1.54, 1.807) is 12.1 Å². The minimum atomic E-state index is -3.53. The lowest BCUT2D eigenvalue weighted by molar-refractivity contribution is 0.297. The Morgan fingerprint density at radius 2 is 2.33 bits per heavy atom. The zero-order chi connectivity index (χ0) is 15.0. The highest BCUT2D eigenvalue weighted by Crippen LogP contribution is 2.38. The number of sulfonamides is 1. The van der Waals surface area contributed by atoms with E-state index in [-0.39, 0.29) is 10.3 Å². The minimum Gasteiger partial charge on any atom is -0.359 e. The number of hydrogen-bond donors (Lipinski definition) is 0. The molecule has 0 aliphatic carbocycles. The van der Waals surface area contributed by atoms with Crippen molar-refractivity contribution in [2.24, 2.45) is 0 Å². The molecule has 1 fully saturated rings. The summed E-state index contributed by atoms with van der Waals surface area (Å²) in [5, 5.41) is 3.96. The van der Waals surface area contributed by atoms with Crippen LogP contribution in [0, 0.1) is 0 Å². The second-order valence-electron chi connectivity index (χ2n) is 4.91. The maximum atomic E-state index is 12.7. The van der Waals surface area contributed by atoms with Gasteiger partial charge >= 0.3 is 0 Å². The molecule has 0 aromatic carbocycles. The molecule has 1 aliphatic heterocycles. The minimum absolute atomic E-state index is 0.273. The molecule has 2 aromatic rings. The van der Waals surface area contributed by atoms with Crippen molar-refractivity contribution in [3.63, 3.8) is 0 Å². The molecule has 5 nitrogen and oxygen atoms in total. The summed E-state index contributed by atoms with van der Waals surface area (Å²) in [7, 11) is -3.53. The van der Waals surface area contributed by atoms with Crippen molar-refractivity contribution >= 4 is 33.0 Å². The monoisotopic (exact) mass is 346 g/mol. The van der Waals surface area contributed by atoms with E-state index in [0.717, 1.165) is 36.3 Å². The number of rotatable bonds is 4. The van der Waals surface area contributed by atoms with Crippen LogP contribution < -0.4 is 0 Å². The Balaban J connectivity index is 1.93. The van der Waals surface area contributed by atoms with Gasteiger partial charge < -0.3 is 4.52 Å². The summed E-state index contributed by atoms with van der Waals surface area (Å²) in [6, 6.07) is 4.73. The molecular formula is C13H15ClN2O3S2. The van der Waals surface area contributed by atoms with E-state index in [1.807, 2.05) is 13.0 Å². The van der Waals surface area contributed by atoms with Gasteiger partial charge in [-0.3, -0.25) is 0 Å². The first-order valence-electron chi connectivity index (χ1n) is 6.75. The van der Waals surface area contributed by atoms with E-state index in [0.29, 0.717) is 16.6 Å². The highest BCUT2D eigenvalue weighted by Gasteiger charge is 2.39. The number of halogens is 1. The van der Waals surface area contributed by atoms with Crippen LogP contribution in [0.25, 0.3) is 0 Å². The fourth-order valence-electron chi connectivity index (χ4n) is 2.52. The molecule has 0 unspecified atom stereocenters. The van der Waals surface area contributed by atoms with Gasteiger partial charge in [0.15, 0.2) is 5.76 Å². The Morgan fingerprint density at radius 1 is 1.52 bits per heavy atom. The first kappa shape index (κ1) is 15.0. The van der Waals surface area contributed by atoms with Crippen LogP contribution in [-0.4, -0.2) is 24.4 Å². The summed E-state index contributed by atoms with van der Waals surface area (Å²) in [6.45, 7) is 2.48. The van der Waals surface area contributed by atoms with Gasteiger partial charge in [0.25, 0.3) is 10.0 Å². The van der Waals surface area contributed by atoms with E-state index >= 15 is 0 Å². The molecule has 0 N–H and O–H groups in total. The largest absolute Gasteiger partial charge is 0.359 e. The van der Waals surface area contributed by atoms with Crippen LogP contribution in [0.3, 0.4) is 0 Å². The standard InChI is InChI=1S/C13H15ClN2O3S2/c1-2-9-8-11(19-15-9)10-4-3-7-16(10)21(17,18)13-6-5-12(14)20-13/h5-6,8,10H,2-4,7H2,1H3/t10-/m1/s1. The molecular weight excluding hydrogens is 332 g/mol. The first-order chi connectivity index (χ1) is 10.0. The zero-order valence-electron chi connectivity index (χ0n) is 11.5. The van der Waals surface area contributed by atoms with Crippen molar-refractivity contribution in [1.82, 2.24) is 9.46 Å². The molecule has 3 heterocycles. The lowest BCUT2D eigenvalue weighted by Gasteiger charge is -2.21. The van der Waals surface area contributed by atoms with Gasteiger partial charge in [0.2, 0.25) is 0 Å². The average molecular weight is 347 g/mol. The van der Waals surface area contributed by atoms with Crippen LogP contribution in [0.15, 0.2) is 26.9 Å². The molecule has 3 rings (SSSR count). The number of thiophene rings is 1. The van der Waals surface area contributed by atoms with Crippen LogP contribution in [0.1, 0.15) is 37.3 Å². The van der Waals surface area contributed by atoms with Crippen molar-refractivity contribution < 1.29 is 12.9 Å². The first-order valence-corrected chi connectivity index (χ1v) is 9.38. The molecule has 0 spiro atoms. The number of hydrogen-bond acceptors (Lipinski definition) is 5. The fraction of sp³-hybridized carbons (Fsp3) is 0.462. The number of nitrogens with zero attached hydrogens (tertiary/aromatic N) is 2. The van der Waals surface area contributed by atoms with Crippen molar-refractivity contribution in [1.29, 1.82) is 0 Å². The van der Waals surface area contributed by atoms with Gasteiger partial charge in [-0.15, -0.1) is 11.3 Å². The third-order valence-corrected chi connectivity index (χ3v) is 7.19. The lowest BCUT2D eigenvalue weighted by Crippen LogP contribution is -2.30. The molecule has 21 heavy (non-hydrogen) atoms. The normalized spacial score (nSPS) is 20.2. The highest BCUT2D eigenvalue weighted by molar-refractivity contribution is 7.91. The predicted octanol–water partition coefficient (Wildman–Crippen LogP) is 3.48. The zero-order valence-corrected chi connectivity index (χ0v) is 13.8. The summed E-state index contributed by atoms with van der Waals surface area (Å²) in [6.07, 6.45) is 2.32. The second-order valence-corrected chi connectivity index (χ2v) is 8.74. The van der Waals surface area contributed by atoms with Crippen molar-refractivity contribution in [2.75, 3.05) is 6.54 Å². The van der Waals surface area contributed by atoms with Crippen LogP contribution in [0.5, 0.6) is 0 Å². The Bertz CT molecular complexity index is 738. The maximum Gasteiger partial charge on any atom is 0.253 e.